The normalized spacial score (nSPS) is 14.3. The van der Waals surface area contributed by atoms with Gasteiger partial charge in [0.2, 0.25) is 0 Å². The predicted octanol–water partition coefficient (Wildman–Crippen LogP) is 2.17. The lowest BCUT2D eigenvalue weighted by Gasteiger charge is -2.09. The van der Waals surface area contributed by atoms with Crippen LogP contribution < -0.4 is 5.32 Å². The van der Waals surface area contributed by atoms with E-state index in [0.717, 1.165) is 18.9 Å². The zero-order valence-corrected chi connectivity index (χ0v) is 10.9. The maximum atomic E-state index is 11.6. The lowest BCUT2D eigenvalue weighted by molar-refractivity contribution is 0.0601. The Labute approximate surface area is 107 Å². The number of methoxy groups -OCH3 is 1. The quantitative estimate of drug-likeness (QED) is 0.618. The van der Waals surface area contributed by atoms with Gasteiger partial charge in [-0.05, 0) is 25.7 Å². The van der Waals surface area contributed by atoms with E-state index in [1.807, 2.05) is 0 Å². The molecule has 0 bridgehead atoms. The van der Waals surface area contributed by atoms with E-state index in [-0.39, 0.29) is 0 Å². The third-order valence-corrected chi connectivity index (χ3v) is 3.09. The number of anilines is 1. The SMILES string of the molecule is COC(=O)c1cnc(C)nc1NCCCC1CC1. The lowest BCUT2D eigenvalue weighted by Crippen LogP contribution is -2.12. The number of aryl methyl sites for hydroxylation is 1. The standard InChI is InChI=1S/C13H19N3O2/c1-9-15-8-11(13(17)18-2)12(16-9)14-7-3-4-10-5-6-10/h8,10H,3-7H2,1-2H3,(H,14,15,16). The topological polar surface area (TPSA) is 64.1 Å². The average molecular weight is 249 g/mol. The Morgan fingerprint density at radius 1 is 1.56 bits per heavy atom. The molecule has 1 fully saturated rings. The Morgan fingerprint density at radius 3 is 3.00 bits per heavy atom. The molecule has 98 valence electrons. The van der Waals surface area contributed by atoms with Gasteiger partial charge in [-0.25, -0.2) is 14.8 Å². The van der Waals surface area contributed by atoms with Crippen molar-refractivity contribution in [3.63, 3.8) is 0 Å². The summed E-state index contributed by atoms with van der Waals surface area (Å²) >= 11 is 0. The van der Waals surface area contributed by atoms with Gasteiger partial charge in [-0.3, -0.25) is 0 Å². The molecule has 1 aromatic rings. The largest absolute Gasteiger partial charge is 0.465 e. The van der Waals surface area contributed by atoms with E-state index in [1.54, 1.807) is 6.92 Å². The molecule has 0 atom stereocenters. The summed E-state index contributed by atoms with van der Waals surface area (Å²) < 4.78 is 4.71. The second-order valence-electron chi connectivity index (χ2n) is 4.68. The van der Waals surface area contributed by atoms with Crippen LogP contribution in [0.1, 0.15) is 41.9 Å². The zero-order chi connectivity index (χ0) is 13.0. The van der Waals surface area contributed by atoms with E-state index in [2.05, 4.69) is 15.3 Å². The summed E-state index contributed by atoms with van der Waals surface area (Å²) in [7, 11) is 1.36. The summed E-state index contributed by atoms with van der Waals surface area (Å²) in [5.41, 5.74) is 0.398. The number of nitrogens with one attached hydrogen (secondary N) is 1. The molecule has 0 aliphatic heterocycles. The van der Waals surface area contributed by atoms with Gasteiger partial charge in [0.1, 0.15) is 17.2 Å². The van der Waals surface area contributed by atoms with Crippen LogP contribution in [0.3, 0.4) is 0 Å². The van der Waals surface area contributed by atoms with Crippen molar-refractivity contribution in [2.24, 2.45) is 5.92 Å². The summed E-state index contributed by atoms with van der Waals surface area (Å²) in [6, 6.07) is 0. The highest BCUT2D eigenvalue weighted by Crippen LogP contribution is 2.33. The second-order valence-corrected chi connectivity index (χ2v) is 4.68. The molecule has 2 rings (SSSR count). The molecule has 1 aliphatic rings. The molecule has 1 N–H and O–H groups in total. The summed E-state index contributed by atoms with van der Waals surface area (Å²) in [5.74, 6) is 1.75. The number of carbonyl (C=O) groups excluding carboxylic acids is 1. The number of rotatable bonds is 6. The van der Waals surface area contributed by atoms with Crippen molar-refractivity contribution >= 4 is 11.8 Å². The van der Waals surface area contributed by atoms with Crippen molar-refractivity contribution in [3.05, 3.63) is 17.6 Å². The Balaban J connectivity index is 1.94. The van der Waals surface area contributed by atoms with Crippen LogP contribution in [0.4, 0.5) is 5.82 Å². The Bertz CT molecular complexity index is 430. The van der Waals surface area contributed by atoms with E-state index in [4.69, 9.17) is 4.74 Å². The van der Waals surface area contributed by atoms with Crippen molar-refractivity contribution < 1.29 is 9.53 Å². The fraction of sp³-hybridized carbons (Fsp3) is 0.615. The van der Waals surface area contributed by atoms with Gasteiger partial charge in [0.15, 0.2) is 0 Å². The Hall–Kier alpha value is -1.65. The highest BCUT2D eigenvalue weighted by Gasteiger charge is 2.20. The summed E-state index contributed by atoms with van der Waals surface area (Å²) in [4.78, 5) is 19.8. The molecule has 0 amide bonds. The molecule has 1 saturated carbocycles. The Kier molecular flexibility index (Phi) is 4.12. The molecule has 5 nitrogen and oxygen atoms in total. The van der Waals surface area contributed by atoms with Crippen molar-refractivity contribution in [1.82, 2.24) is 9.97 Å². The molecule has 0 aromatic carbocycles. The molecular weight excluding hydrogens is 230 g/mol. The van der Waals surface area contributed by atoms with Crippen LogP contribution in [0.25, 0.3) is 0 Å². The molecule has 0 radical (unpaired) electrons. The lowest BCUT2D eigenvalue weighted by atomic mass is 10.2. The van der Waals surface area contributed by atoms with Crippen molar-refractivity contribution in [3.8, 4) is 0 Å². The van der Waals surface area contributed by atoms with Gasteiger partial charge in [0.05, 0.1) is 7.11 Å². The molecule has 18 heavy (non-hydrogen) atoms. The van der Waals surface area contributed by atoms with Crippen LogP contribution in [0, 0.1) is 12.8 Å². The summed E-state index contributed by atoms with van der Waals surface area (Å²) in [5, 5.41) is 3.20. The summed E-state index contributed by atoms with van der Waals surface area (Å²) in [6.07, 6.45) is 6.62. The van der Waals surface area contributed by atoms with Crippen molar-refractivity contribution in [1.29, 1.82) is 0 Å². The number of carbonyl (C=O) groups is 1. The van der Waals surface area contributed by atoms with Crippen molar-refractivity contribution in [2.45, 2.75) is 32.6 Å². The van der Waals surface area contributed by atoms with E-state index >= 15 is 0 Å². The van der Waals surface area contributed by atoms with Gasteiger partial charge in [-0.2, -0.15) is 0 Å². The molecule has 5 heteroatoms. The van der Waals surface area contributed by atoms with Crippen LogP contribution in [-0.4, -0.2) is 29.6 Å². The number of ether oxygens (including phenoxy) is 1. The molecular formula is C13H19N3O2. The third-order valence-electron chi connectivity index (χ3n) is 3.09. The van der Waals surface area contributed by atoms with E-state index in [1.165, 1.54) is 32.6 Å². The van der Waals surface area contributed by atoms with Crippen LogP contribution in [0.15, 0.2) is 6.20 Å². The average Bonchev–Trinajstić information content (AvgIpc) is 3.18. The molecule has 1 aromatic heterocycles. The predicted molar refractivity (Wildman–Crippen MR) is 68.6 cm³/mol. The first kappa shape index (κ1) is 12.8. The van der Waals surface area contributed by atoms with Crippen LogP contribution >= 0.6 is 0 Å². The minimum absolute atomic E-state index is 0.398. The highest BCUT2D eigenvalue weighted by atomic mass is 16.5. The second kappa shape index (κ2) is 5.80. The van der Waals surface area contributed by atoms with Crippen LogP contribution in [-0.2, 0) is 4.74 Å². The van der Waals surface area contributed by atoms with Gasteiger partial charge in [-0.15, -0.1) is 0 Å². The van der Waals surface area contributed by atoms with E-state index in [9.17, 15) is 4.79 Å². The van der Waals surface area contributed by atoms with Crippen molar-refractivity contribution in [2.75, 3.05) is 19.0 Å². The monoisotopic (exact) mass is 249 g/mol. The van der Waals surface area contributed by atoms with Gasteiger partial charge in [0.25, 0.3) is 0 Å². The number of hydrogen-bond donors (Lipinski definition) is 1. The van der Waals surface area contributed by atoms with Gasteiger partial charge in [0, 0.05) is 12.7 Å². The molecule has 1 heterocycles. The summed E-state index contributed by atoms with van der Waals surface area (Å²) in [6.45, 7) is 2.63. The molecule has 1 aliphatic carbocycles. The third kappa shape index (κ3) is 3.42. The van der Waals surface area contributed by atoms with E-state index < -0.39 is 5.97 Å². The minimum atomic E-state index is -0.403. The fourth-order valence-electron chi connectivity index (χ4n) is 1.87. The minimum Gasteiger partial charge on any atom is -0.465 e. The molecule has 0 spiro atoms. The van der Waals surface area contributed by atoms with E-state index in [0.29, 0.717) is 17.2 Å². The Morgan fingerprint density at radius 2 is 2.33 bits per heavy atom. The maximum absolute atomic E-state index is 11.6. The fourth-order valence-corrected chi connectivity index (χ4v) is 1.87. The number of aromatic nitrogens is 2. The molecule has 0 saturated heterocycles. The van der Waals surface area contributed by atoms with Gasteiger partial charge < -0.3 is 10.1 Å². The number of hydrogen-bond acceptors (Lipinski definition) is 5. The van der Waals surface area contributed by atoms with Crippen LogP contribution in [0.2, 0.25) is 0 Å². The zero-order valence-electron chi connectivity index (χ0n) is 10.9. The number of nitrogens with zero attached hydrogens (tertiary/aromatic N) is 2. The first-order chi connectivity index (χ1) is 8.70. The molecule has 0 unspecified atom stereocenters. The van der Waals surface area contributed by atoms with Gasteiger partial charge >= 0.3 is 5.97 Å². The highest BCUT2D eigenvalue weighted by molar-refractivity contribution is 5.94. The van der Waals surface area contributed by atoms with Gasteiger partial charge in [-0.1, -0.05) is 12.8 Å². The first-order valence-corrected chi connectivity index (χ1v) is 6.36. The smallest absolute Gasteiger partial charge is 0.343 e. The first-order valence-electron chi connectivity index (χ1n) is 6.36. The number of esters is 1. The van der Waals surface area contributed by atoms with Crippen LogP contribution in [0.5, 0.6) is 0 Å². The maximum Gasteiger partial charge on any atom is 0.343 e.